The zero-order chi connectivity index (χ0) is 15.2. The van der Waals surface area contributed by atoms with Gasteiger partial charge in [-0.05, 0) is 18.6 Å². The molecule has 118 valence electrons. The molecule has 1 atom stereocenters. The number of pyridine rings is 1. The molecule has 1 aromatic carbocycles. The molecule has 0 aliphatic heterocycles. The van der Waals surface area contributed by atoms with Gasteiger partial charge in [0.2, 0.25) is 5.91 Å². The fraction of sp³-hybridized carbons (Fsp3) is 0.250. The summed E-state index contributed by atoms with van der Waals surface area (Å²) in [4.78, 5) is 23.9. The average Bonchev–Trinajstić information content (AvgIpc) is 2.51. The SMILES string of the molecule is CCn1cc(NC(=O)C(CN)c2ccccc2)ccc1=O.Cl. The number of benzene rings is 1. The first-order chi connectivity index (χ1) is 10.2. The van der Waals surface area contributed by atoms with Gasteiger partial charge in [0.25, 0.3) is 5.56 Å². The van der Waals surface area contributed by atoms with Crippen LogP contribution in [-0.4, -0.2) is 17.0 Å². The highest BCUT2D eigenvalue weighted by atomic mass is 35.5. The topological polar surface area (TPSA) is 77.1 Å². The second-order valence-electron chi connectivity index (χ2n) is 4.73. The van der Waals surface area contributed by atoms with Gasteiger partial charge in [0, 0.05) is 25.4 Å². The number of nitrogens with one attached hydrogen (secondary N) is 1. The molecule has 2 rings (SSSR count). The van der Waals surface area contributed by atoms with Gasteiger partial charge in [0.15, 0.2) is 0 Å². The highest BCUT2D eigenvalue weighted by Gasteiger charge is 2.18. The number of amides is 1. The van der Waals surface area contributed by atoms with Crippen LogP contribution in [0.25, 0.3) is 0 Å². The van der Waals surface area contributed by atoms with Gasteiger partial charge in [-0.25, -0.2) is 0 Å². The van der Waals surface area contributed by atoms with Crippen LogP contribution in [0.5, 0.6) is 0 Å². The fourth-order valence-electron chi connectivity index (χ4n) is 2.16. The number of hydrogen-bond acceptors (Lipinski definition) is 3. The summed E-state index contributed by atoms with van der Waals surface area (Å²) in [5.41, 5.74) is 7.10. The minimum atomic E-state index is -0.409. The minimum absolute atomic E-state index is 0. The van der Waals surface area contributed by atoms with Gasteiger partial charge < -0.3 is 15.6 Å². The maximum atomic E-state index is 12.4. The second-order valence-corrected chi connectivity index (χ2v) is 4.73. The summed E-state index contributed by atoms with van der Waals surface area (Å²) in [6.07, 6.45) is 1.64. The Kier molecular flexibility index (Phi) is 6.82. The third kappa shape index (κ3) is 4.19. The predicted octanol–water partition coefficient (Wildman–Crippen LogP) is 1.97. The molecule has 0 fully saturated rings. The highest BCUT2D eigenvalue weighted by Crippen LogP contribution is 2.16. The Morgan fingerprint density at radius 1 is 1.23 bits per heavy atom. The molecule has 1 heterocycles. The molecule has 1 unspecified atom stereocenters. The lowest BCUT2D eigenvalue weighted by atomic mass is 9.98. The number of nitrogens with zero attached hydrogens (tertiary/aromatic N) is 1. The molecular formula is C16H20ClN3O2. The molecule has 0 saturated heterocycles. The molecule has 6 heteroatoms. The van der Waals surface area contributed by atoms with Crippen molar-refractivity contribution in [2.24, 2.45) is 5.73 Å². The first-order valence-corrected chi connectivity index (χ1v) is 6.92. The Bertz CT molecular complexity index is 671. The van der Waals surface area contributed by atoms with E-state index in [1.807, 2.05) is 37.3 Å². The molecule has 0 aliphatic rings. The van der Waals surface area contributed by atoms with Crippen LogP contribution >= 0.6 is 12.4 Å². The number of anilines is 1. The van der Waals surface area contributed by atoms with Crippen molar-refractivity contribution in [3.8, 4) is 0 Å². The molecular weight excluding hydrogens is 302 g/mol. The van der Waals surface area contributed by atoms with Crippen LogP contribution in [0.15, 0.2) is 53.5 Å². The molecule has 3 N–H and O–H groups in total. The van der Waals surface area contributed by atoms with Crippen molar-refractivity contribution in [3.05, 3.63) is 64.6 Å². The van der Waals surface area contributed by atoms with E-state index in [0.717, 1.165) is 5.56 Å². The van der Waals surface area contributed by atoms with Gasteiger partial charge >= 0.3 is 0 Å². The lowest BCUT2D eigenvalue weighted by molar-refractivity contribution is -0.117. The molecule has 5 nitrogen and oxygen atoms in total. The van der Waals surface area contributed by atoms with Crippen molar-refractivity contribution in [2.75, 3.05) is 11.9 Å². The number of carbonyl (C=O) groups excluding carboxylic acids is 1. The Balaban J connectivity index is 0.00000242. The van der Waals surface area contributed by atoms with Crippen LogP contribution in [0.2, 0.25) is 0 Å². The highest BCUT2D eigenvalue weighted by molar-refractivity contribution is 5.95. The smallest absolute Gasteiger partial charge is 0.250 e. The van der Waals surface area contributed by atoms with E-state index in [0.29, 0.717) is 12.2 Å². The number of carbonyl (C=O) groups is 1. The van der Waals surface area contributed by atoms with Crippen LogP contribution in [0, 0.1) is 0 Å². The van der Waals surface area contributed by atoms with Crippen LogP contribution in [0.1, 0.15) is 18.4 Å². The summed E-state index contributed by atoms with van der Waals surface area (Å²) < 4.78 is 1.54. The lowest BCUT2D eigenvalue weighted by Gasteiger charge is -2.15. The minimum Gasteiger partial charge on any atom is -0.329 e. The molecule has 1 aromatic heterocycles. The molecule has 22 heavy (non-hydrogen) atoms. The second kappa shape index (κ2) is 8.36. The average molecular weight is 322 g/mol. The summed E-state index contributed by atoms with van der Waals surface area (Å²) >= 11 is 0. The Morgan fingerprint density at radius 2 is 1.91 bits per heavy atom. The summed E-state index contributed by atoms with van der Waals surface area (Å²) in [7, 11) is 0. The largest absolute Gasteiger partial charge is 0.329 e. The first kappa shape index (κ1) is 17.9. The number of halogens is 1. The van der Waals surface area contributed by atoms with Crippen molar-refractivity contribution < 1.29 is 4.79 Å². The number of hydrogen-bond donors (Lipinski definition) is 2. The lowest BCUT2D eigenvalue weighted by Crippen LogP contribution is -2.28. The van der Waals surface area contributed by atoms with E-state index in [9.17, 15) is 9.59 Å². The van der Waals surface area contributed by atoms with Crippen molar-refractivity contribution in [1.82, 2.24) is 4.57 Å². The maximum Gasteiger partial charge on any atom is 0.250 e. The third-order valence-electron chi connectivity index (χ3n) is 3.35. The van der Waals surface area contributed by atoms with E-state index in [4.69, 9.17) is 5.73 Å². The third-order valence-corrected chi connectivity index (χ3v) is 3.35. The standard InChI is InChI=1S/C16H19N3O2.ClH/c1-2-19-11-13(8-9-15(19)20)18-16(21)14(10-17)12-6-4-3-5-7-12;/h3-9,11,14H,2,10,17H2,1H3,(H,18,21);1H. The number of aryl methyl sites for hydroxylation is 1. The number of nitrogens with two attached hydrogens (primary N) is 1. The summed E-state index contributed by atoms with van der Waals surface area (Å²) in [6.45, 7) is 2.66. The molecule has 2 aromatic rings. The van der Waals surface area contributed by atoms with Gasteiger partial charge in [-0.3, -0.25) is 9.59 Å². The first-order valence-electron chi connectivity index (χ1n) is 6.92. The zero-order valence-electron chi connectivity index (χ0n) is 12.4. The van der Waals surface area contributed by atoms with E-state index >= 15 is 0 Å². The van der Waals surface area contributed by atoms with Gasteiger partial charge in [0.05, 0.1) is 11.6 Å². The molecule has 0 spiro atoms. The van der Waals surface area contributed by atoms with Crippen LogP contribution in [0.3, 0.4) is 0 Å². The number of rotatable bonds is 5. The van der Waals surface area contributed by atoms with Crippen LogP contribution in [-0.2, 0) is 11.3 Å². The molecule has 1 amide bonds. The predicted molar refractivity (Wildman–Crippen MR) is 90.5 cm³/mol. The van der Waals surface area contributed by atoms with Crippen molar-refractivity contribution >= 4 is 24.0 Å². The quantitative estimate of drug-likeness (QED) is 0.884. The van der Waals surface area contributed by atoms with Gasteiger partial charge in [-0.1, -0.05) is 30.3 Å². The number of aromatic nitrogens is 1. The van der Waals surface area contributed by atoms with E-state index in [1.54, 1.807) is 12.3 Å². The van der Waals surface area contributed by atoms with Gasteiger partial charge in [0.1, 0.15) is 0 Å². The van der Waals surface area contributed by atoms with E-state index in [-0.39, 0.29) is 30.4 Å². The van der Waals surface area contributed by atoms with Crippen molar-refractivity contribution in [3.63, 3.8) is 0 Å². The monoisotopic (exact) mass is 321 g/mol. The normalized spacial score (nSPS) is 11.4. The van der Waals surface area contributed by atoms with E-state index < -0.39 is 5.92 Å². The fourth-order valence-corrected chi connectivity index (χ4v) is 2.16. The molecule has 0 saturated carbocycles. The molecule has 0 aliphatic carbocycles. The molecule has 0 radical (unpaired) electrons. The molecule has 0 bridgehead atoms. The van der Waals surface area contributed by atoms with Gasteiger partial charge in [-0.15, -0.1) is 12.4 Å². The van der Waals surface area contributed by atoms with Gasteiger partial charge in [-0.2, -0.15) is 0 Å². The van der Waals surface area contributed by atoms with Crippen molar-refractivity contribution in [1.29, 1.82) is 0 Å². The van der Waals surface area contributed by atoms with Crippen LogP contribution in [0.4, 0.5) is 5.69 Å². The summed E-state index contributed by atoms with van der Waals surface area (Å²) in [5.74, 6) is -0.585. The Labute approximate surface area is 135 Å². The van der Waals surface area contributed by atoms with E-state index in [2.05, 4.69) is 5.32 Å². The van der Waals surface area contributed by atoms with Crippen molar-refractivity contribution in [2.45, 2.75) is 19.4 Å². The summed E-state index contributed by atoms with van der Waals surface area (Å²) in [5, 5.41) is 2.81. The Morgan fingerprint density at radius 3 is 2.50 bits per heavy atom. The van der Waals surface area contributed by atoms with Crippen LogP contribution < -0.4 is 16.6 Å². The maximum absolute atomic E-state index is 12.4. The summed E-state index contributed by atoms with van der Waals surface area (Å²) in [6, 6.07) is 12.5. The van der Waals surface area contributed by atoms with E-state index in [1.165, 1.54) is 10.6 Å². The zero-order valence-corrected chi connectivity index (χ0v) is 13.2. The Hall–Kier alpha value is -2.11.